The third kappa shape index (κ3) is 8.97. The SMILES string of the molecule is O=C(CSc1ccc(NC(=O)/C(=C/c2ccc(Cl)cc2Cl)NC(=O)c2ccccc2)cc1)Nc1nc(-c2ccccc2Cl)cs1. The van der Waals surface area contributed by atoms with Crippen LogP contribution in [0.5, 0.6) is 0 Å². The Morgan fingerprint density at radius 3 is 2.29 bits per heavy atom. The average Bonchev–Trinajstić information content (AvgIpc) is 3.50. The lowest BCUT2D eigenvalue weighted by Gasteiger charge is -2.12. The number of hydrogen-bond donors (Lipinski definition) is 3. The average molecular weight is 694 g/mol. The van der Waals surface area contributed by atoms with Gasteiger partial charge in [-0.1, -0.05) is 77.3 Å². The molecule has 0 aliphatic carbocycles. The molecule has 0 radical (unpaired) electrons. The summed E-state index contributed by atoms with van der Waals surface area (Å²) in [7, 11) is 0. The van der Waals surface area contributed by atoms with Crippen molar-refractivity contribution < 1.29 is 14.4 Å². The van der Waals surface area contributed by atoms with Gasteiger partial charge < -0.3 is 16.0 Å². The van der Waals surface area contributed by atoms with Crippen molar-refractivity contribution in [2.75, 3.05) is 16.4 Å². The zero-order valence-electron chi connectivity index (χ0n) is 23.2. The number of benzene rings is 4. The monoisotopic (exact) mass is 692 g/mol. The lowest BCUT2D eigenvalue weighted by Crippen LogP contribution is -2.30. The van der Waals surface area contributed by atoms with E-state index in [1.165, 1.54) is 29.2 Å². The minimum atomic E-state index is -0.551. The Morgan fingerprint density at radius 1 is 0.822 bits per heavy atom. The van der Waals surface area contributed by atoms with Crippen LogP contribution in [0.2, 0.25) is 15.1 Å². The number of aromatic nitrogens is 1. The maximum Gasteiger partial charge on any atom is 0.272 e. The van der Waals surface area contributed by atoms with Gasteiger partial charge in [-0.3, -0.25) is 14.4 Å². The van der Waals surface area contributed by atoms with Crippen molar-refractivity contribution in [3.8, 4) is 11.3 Å². The molecule has 0 saturated heterocycles. The molecule has 12 heteroatoms. The number of carbonyl (C=O) groups is 3. The van der Waals surface area contributed by atoms with E-state index < -0.39 is 11.8 Å². The van der Waals surface area contributed by atoms with Crippen LogP contribution >= 0.6 is 57.9 Å². The number of hydrogen-bond acceptors (Lipinski definition) is 6. The third-order valence-corrected chi connectivity index (χ3v) is 8.84. The van der Waals surface area contributed by atoms with Gasteiger partial charge in [0.1, 0.15) is 5.70 Å². The molecule has 0 fully saturated rings. The summed E-state index contributed by atoms with van der Waals surface area (Å²) < 4.78 is 0. The normalized spacial score (nSPS) is 11.1. The van der Waals surface area contributed by atoms with Gasteiger partial charge in [-0.2, -0.15) is 0 Å². The molecule has 3 amide bonds. The Hall–Kier alpha value is -4.12. The van der Waals surface area contributed by atoms with E-state index in [0.717, 1.165) is 10.5 Å². The van der Waals surface area contributed by atoms with Crippen molar-refractivity contribution in [2.45, 2.75) is 4.90 Å². The summed E-state index contributed by atoms with van der Waals surface area (Å²) in [5, 5.41) is 12.0. The van der Waals surface area contributed by atoms with E-state index >= 15 is 0 Å². The van der Waals surface area contributed by atoms with Crippen molar-refractivity contribution in [3.63, 3.8) is 0 Å². The fraction of sp³-hybridized carbons (Fsp3) is 0.0303. The van der Waals surface area contributed by atoms with Gasteiger partial charge in [0, 0.05) is 42.2 Å². The zero-order chi connectivity index (χ0) is 31.8. The molecule has 4 aromatic carbocycles. The van der Waals surface area contributed by atoms with E-state index in [0.29, 0.717) is 42.7 Å². The van der Waals surface area contributed by atoms with Crippen LogP contribution < -0.4 is 16.0 Å². The van der Waals surface area contributed by atoms with E-state index in [2.05, 4.69) is 20.9 Å². The summed E-state index contributed by atoms with van der Waals surface area (Å²) in [5.74, 6) is -1.05. The molecule has 7 nitrogen and oxygen atoms in total. The van der Waals surface area contributed by atoms with Crippen LogP contribution in [0.3, 0.4) is 0 Å². The van der Waals surface area contributed by atoms with Crippen molar-refractivity contribution in [2.24, 2.45) is 0 Å². The highest BCUT2D eigenvalue weighted by Gasteiger charge is 2.16. The van der Waals surface area contributed by atoms with Gasteiger partial charge in [0.05, 0.1) is 11.4 Å². The van der Waals surface area contributed by atoms with Crippen molar-refractivity contribution >= 4 is 92.5 Å². The first-order chi connectivity index (χ1) is 21.7. The second-order valence-electron chi connectivity index (χ2n) is 9.38. The lowest BCUT2D eigenvalue weighted by atomic mass is 10.1. The topological polar surface area (TPSA) is 100 Å². The van der Waals surface area contributed by atoms with E-state index in [9.17, 15) is 14.4 Å². The Balaban J connectivity index is 1.20. The van der Waals surface area contributed by atoms with Gasteiger partial charge >= 0.3 is 0 Å². The fourth-order valence-corrected chi connectivity index (χ4v) is 6.10. The summed E-state index contributed by atoms with van der Waals surface area (Å²) in [6.07, 6.45) is 1.48. The van der Waals surface area contributed by atoms with E-state index in [-0.39, 0.29) is 17.4 Å². The molecular weight excluding hydrogens is 671 g/mol. The van der Waals surface area contributed by atoms with Gasteiger partial charge in [-0.25, -0.2) is 4.98 Å². The summed E-state index contributed by atoms with van der Waals surface area (Å²) in [5.41, 5.74) is 2.86. The van der Waals surface area contributed by atoms with Crippen LogP contribution in [0.1, 0.15) is 15.9 Å². The maximum absolute atomic E-state index is 13.3. The van der Waals surface area contributed by atoms with Crippen LogP contribution in [0.4, 0.5) is 10.8 Å². The molecule has 3 N–H and O–H groups in total. The van der Waals surface area contributed by atoms with Crippen molar-refractivity contribution in [1.29, 1.82) is 0 Å². The summed E-state index contributed by atoms with van der Waals surface area (Å²) in [6, 6.07) is 27.8. The molecule has 0 saturated carbocycles. The highest BCUT2D eigenvalue weighted by molar-refractivity contribution is 8.00. The first-order valence-corrected chi connectivity index (χ1v) is 16.3. The lowest BCUT2D eigenvalue weighted by molar-refractivity contribution is -0.114. The van der Waals surface area contributed by atoms with Gasteiger partial charge in [0.2, 0.25) is 5.91 Å². The van der Waals surface area contributed by atoms with Crippen molar-refractivity contribution in [3.05, 3.63) is 134 Å². The van der Waals surface area contributed by atoms with Gasteiger partial charge in [0.15, 0.2) is 5.13 Å². The highest BCUT2D eigenvalue weighted by atomic mass is 35.5. The van der Waals surface area contributed by atoms with Crippen LogP contribution in [0, 0.1) is 0 Å². The van der Waals surface area contributed by atoms with E-state index in [1.54, 1.807) is 78.9 Å². The van der Waals surface area contributed by atoms with Gasteiger partial charge in [-0.05, 0) is 66.2 Å². The predicted octanol–water partition coefficient (Wildman–Crippen LogP) is 8.91. The molecule has 1 heterocycles. The van der Waals surface area contributed by atoms with E-state index in [1.807, 2.05) is 23.6 Å². The first-order valence-electron chi connectivity index (χ1n) is 13.3. The van der Waals surface area contributed by atoms with Crippen LogP contribution in [-0.2, 0) is 9.59 Å². The quantitative estimate of drug-likeness (QED) is 0.100. The fourth-order valence-electron chi connectivity index (χ4n) is 3.98. The summed E-state index contributed by atoms with van der Waals surface area (Å²) in [4.78, 5) is 44.0. The van der Waals surface area contributed by atoms with Crippen molar-refractivity contribution in [1.82, 2.24) is 10.3 Å². The smallest absolute Gasteiger partial charge is 0.272 e. The largest absolute Gasteiger partial charge is 0.321 e. The molecule has 45 heavy (non-hydrogen) atoms. The highest BCUT2D eigenvalue weighted by Crippen LogP contribution is 2.30. The second-order valence-corrected chi connectivity index (χ2v) is 12.5. The van der Waals surface area contributed by atoms with Gasteiger partial charge in [0.25, 0.3) is 11.8 Å². The number of rotatable bonds is 10. The standard InChI is InChI=1S/C33H23Cl3N4O3S2/c34-22-11-10-21(27(36)17-22)16-28(38-31(42)20-6-2-1-3-7-20)32(43)37-23-12-14-24(15-13-23)44-19-30(41)40-33-39-29(18-45-33)25-8-4-5-9-26(25)35/h1-18H,19H2,(H,37,43)(H,38,42)(H,39,40,41)/b28-16-. The van der Waals surface area contributed by atoms with Crippen LogP contribution in [0.15, 0.2) is 113 Å². The number of carbonyl (C=O) groups excluding carboxylic acids is 3. The molecule has 226 valence electrons. The molecule has 5 rings (SSSR count). The first kappa shape index (κ1) is 32.3. The van der Waals surface area contributed by atoms with Crippen LogP contribution in [-0.4, -0.2) is 28.5 Å². The molecule has 0 unspecified atom stereocenters. The van der Waals surface area contributed by atoms with Crippen LogP contribution in [0.25, 0.3) is 17.3 Å². The number of nitrogens with zero attached hydrogens (tertiary/aromatic N) is 1. The Labute approximate surface area is 282 Å². The Morgan fingerprint density at radius 2 is 1.56 bits per heavy atom. The third-order valence-electron chi connectivity index (χ3n) is 6.17. The molecule has 5 aromatic rings. The number of anilines is 2. The molecule has 0 aliphatic rings. The maximum atomic E-state index is 13.3. The molecule has 0 atom stereocenters. The number of amides is 3. The Kier molecular flexibility index (Phi) is 10.9. The minimum Gasteiger partial charge on any atom is -0.321 e. The zero-order valence-corrected chi connectivity index (χ0v) is 27.1. The number of thiazole rings is 1. The minimum absolute atomic E-state index is 0.0110. The molecule has 1 aromatic heterocycles. The summed E-state index contributed by atoms with van der Waals surface area (Å²) >= 11 is 21.3. The number of halogens is 3. The second kappa shape index (κ2) is 15.2. The molecule has 0 spiro atoms. The van der Waals surface area contributed by atoms with Gasteiger partial charge in [-0.15, -0.1) is 23.1 Å². The molecular formula is C33H23Cl3N4O3S2. The molecule has 0 aliphatic heterocycles. The molecule has 0 bridgehead atoms. The number of nitrogens with one attached hydrogen (secondary N) is 3. The summed E-state index contributed by atoms with van der Waals surface area (Å²) in [6.45, 7) is 0. The Bertz CT molecular complexity index is 1880. The van der Waals surface area contributed by atoms with E-state index in [4.69, 9.17) is 34.8 Å². The predicted molar refractivity (Wildman–Crippen MR) is 185 cm³/mol. The number of thioether (sulfide) groups is 1.